The van der Waals surface area contributed by atoms with E-state index in [1.807, 2.05) is 0 Å². The number of anilines is 1. The summed E-state index contributed by atoms with van der Waals surface area (Å²) in [6.07, 6.45) is 0.446. The smallest absolute Gasteiger partial charge is 0.341 e. The number of phenolic OH excluding ortho intramolecular Hbond substituents is 1. The molecular formula is C12H14ClNO5. The zero-order chi connectivity index (χ0) is 14.6. The van der Waals surface area contributed by atoms with Crippen molar-refractivity contribution in [3.8, 4) is 11.5 Å². The number of carbonyl (C=O) groups excluding carboxylic acids is 1. The Bertz CT molecular complexity index is 515. The van der Waals surface area contributed by atoms with Crippen molar-refractivity contribution in [2.24, 2.45) is 0 Å². The molecule has 0 aliphatic carbocycles. The van der Waals surface area contributed by atoms with Gasteiger partial charge in [0.15, 0.2) is 12.4 Å². The van der Waals surface area contributed by atoms with E-state index in [0.717, 1.165) is 0 Å². The lowest BCUT2D eigenvalue weighted by Gasteiger charge is -2.15. The zero-order valence-corrected chi connectivity index (χ0v) is 11.2. The Labute approximate surface area is 114 Å². The summed E-state index contributed by atoms with van der Waals surface area (Å²) in [5, 5.41) is 20.9. The van der Waals surface area contributed by atoms with Gasteiger partial charge in [-0.2, -0.15) is 0 Å². The second-order valence-corrected chi connectivity index (χ2v) is 4.16. The third-order valence-corrected chi connectivity index (χ3v) is 2.72. The summed E-state index contributed by atoms with van der Waals surface area (Å²) in [5.41, 5.74) is 0.560. The molecule has 0 bridgehead atoms. The fraction of sp³-hybridized carbons (Fsp3) is 0.333. The van der Waals surface area contributed by atoms with E-state index in [-0.39, 0.29) is 28.1 Å². The quantitative estimate of drug-likeness (QED) is 0.720. The molecule has 104 valence electrons. The number of amides is 1. The van der Waals surface area contributed by atoms with Gasteiger partial charge < -0.3 is 20.3 Å². The Kier molecular flexibility index (Phi) is 5.00. The minimum Gasteiger partial charge on any atom is -0.504 e. The number of hydrogen-bond donors (Lipinski definition) is 3. The molecular weight excluding hydrogens is 274 g/mol. The number of ether oxygens (including phenoxy) is 1. The van der Waals surface area contributed by atoms with Crippen LogP contribution in [0.25, 0.3) is 0 Å². The van der Waals surface area contributed by atoms with Crippen molar-refractivity contribution in [1.82, 2.24) is 0 Å². The number of carboxylic acids is 1. The molecule has 0 saturated carbocycles. The van der Waals surface area contributed by atoms with Crippen LogP contribution in [0.15, 0.2) is 6.07 Å². The maximum absolute atomic E-state index is 11.0. The number of phenols is 1. The normalized spacial score (nSPS) is 10.1. The molecule has 7 heteroatoms. The number of benzene rings is 1. The Morgan fingerprint density at radius 2 is 2.11 bits per heavy atom. The van der Waals surface area contributed by atoms with Gasteiger partial charge in [-0.05, 0) is 6.42 Å². The molecule has 0 unspecified atom stereocenters. The van der Waals surface area contributed by atoms with Gasteiger partial charge in [0.05, 0.1) is 10.7 Å². The van der Waals surface area contributed by atoms with Crippen LogP contribution < -0.4 is 10.1 Å². The molecule has 1 amide bonds. The van der Waals surface area contributed by atoms with Crippen LogP contribution in [0.5, 0.6) is 11.5 Å². The lowest BCUT2D eigenvalue weighted by molar-refractivity contribution is -0.139. The van der Waals surface area contributed by atoms with Gasteiger partial charge >= 0.3 is 5.97 Å². The van der Waals surface area contributed by atoms with Crippen molar-refractivity contribution < 1.29 is 24.5 Å². The predicted octanol–water partition coefficient (Wildman–Crippen LogP) is 2.03. The zero-order valence-electron chi connectivity index (χ0n) is 10.5. The number of carboxylic acid groups (broad SMARTS) is 1. The van der Waals surface area contributed by atoms with Crippen molar-refractivity contribution >= 4 is 29.2 Å². The molecule has 0 saturated heterocycles. The molecule has 0 aliphatic heterocycles. The van der Waals surface area contributed by atoms with Crippen molar-refractivity contribution in [2.75, 3.05) is 11.9 Å². The molecule has 1 aromatic rings. The number of nitrogens with one attached hydrogen (secondary N) is 1. The molecule has 3 N–H and O–H groups in total. The lowest BCUT2D eigenvalue weighted by atomic mass is 10.1. The average Bonchev–Trinajstić information content (AvgIpc) is 2.32. The van der Waals surface area contributed by atoms with Crippen LogP contribution in [0.4, 0.5) is 5.69 Å². The molecule has 0 fully saturated rings. The van der Waals surface area contributed by atoms with Crippen molar-refractivity contribution in [2.45, 2.75) is 20.3 Å². The molecule has 1 aromatic carbocycles. The number of rotatable bonds is 5. The van der Waals surface area contributed by atoms with E-state index in [4.69, 9.17) is 21.4 Å². The number of aliphatic carboxylic acids is 1. The number of halogens is 1. The summed E-state index contributed by atoms with van der Waals surface area (Å²) < 4.78 is 5.10. The number of aromatic hydroxyl groups is 1. The monoisotopic (exact) mass is 287 g/mol. The first kappa shape index (κ1) is 15.1. The topological polar surface area (TPSA) is 95.9 Å². The van der Waals surface area contributed by atoms with Crippen LogP contribution in [-0.2, 0) is 16.0 Å². The van der Waals surface area contributed by atoms with Gasteiger partial charge in [0.25, 0.3) is 0 Å². The third kappa shape index (κ3) is 3.75. The number of carbonyl (C=O) groups is 2. The van der Waals surface area contributed by atoms with Crippen LogP contribution >= 0.6 is 11.6 Å². The highest BCUT2D eigenvalue weighted by molar-refractivity contribution is 6.33. The van der Waals surface area contributed by atoms with E-state index in [9.17, 15) is 14.7 Å². The minimum atomic E-state index is -1.13. The molecule has 6 nitrogen and oxygen atoms in total. The Balaban J connectivity index is 3.22. The summed E-state index contributed by atoms with van der Waals surface area (Å²) in [5.74, 6) is -1.57. The Hall–Kier alpha value is -1.95. The highest BCUT2D eigenvalue weighted by atomic mass is 35.5. The van der Waals surface area contributed by atoms with Crippen LogP contribution in [0.3, 0.4) is 0 Å². The molecule has 0 spiro atoms. The van der Waals surface area contributed by atoms with Crippen molar-refractivity contribution in [3.63, 3.8) is 0 Å². The lowest BCUT2D eigenvalue weighted by Crippen LogP contribution is -2.12. The van der Waals surface area contributed by atoms with E-state index in [0.29, 0.717) is 12.0 Å². The van der Waals surface area contributed by atoms with Crippen LogP contribution in [0.2, 0.25) is 5.02 Å². The standard InChI is InChI=1S/C12H14ClNO5/c1-3-7-9(19-5-10(16)17)4-8(14-6(2)15)12(18)11(7)13/h4,18H,3,5H2,1-2H3,(H,14,15)(H,16,17). The predicted molar refractivity (Wildman–Crippen MR) is 69.9 cm³/mol. The molecule has 0 aromatic heterocycles. The summed E-state index contributed by atoms with van der Waals surface area (Å²) in [6.45, 7) is 2.53. The average molecular weight is 288 g/mol. The summed E-state index contributed by atoms with van der Waals surface area (Å²) in [6, 6.07) is 1.35. The van der Waals surface area contributed by atoms with Gasteiger partial charge in [0, 0.05) is 18.6 Å². The Morgan fingerprint density at radius 3 is 2.58 bits per heavy atom. The summed E-state index contributed by atoms with van der Waals surface area (Å²) in [4.78, 5) is 21.5. The van der Waals surface area contributed by atoms with E-state index < -0.39 is 12.6 Å². The largest absolute Gasteiger partial charge is 0.504 e. The van der Waals surface area contributed by atoms with Gasteiger partial charge in [-0.25, -0.2) is 4.79 Å². The van der Waals surface area contributed by atoms with Crippen LogP contribution in [0.1, 0.15) is 19.4 Å². The van der Waals surface area contributed by atoms with Crippen molar-refractivity contribution in [3.05, 3.63) is 16.7 Å². The molecule has 0 atom stereocenters. The van der Waals surface area contributed by atoms with Gasteiger partial charge in [-0.15, -0.1) is 0 Å². The molecule has 0 radical (unpaired) electrons. The highest BCUT2D eigenvalue weighted by Gasteiger charge is 2.17. The maximum Gasteiger partial charge on any atom is 0.341 e. The fourth-order valence-corrected chi connectivity index (χ4v) is 1.87. The van der Waals surface area contributed by atoms with E-state index in [2.05, 4.69) is 5.32 Å². The molecule has 0 heterocycles. The first-order chi connectivity index (χ1) is 8.86. The van der Waals surface area contributed by atoms with E-state index in [1.54, 1.807) is 6.92 Å². The van der Waals surface area contributed by atoms with Gasteiger partial charge in [-0.1, -0.05) is 18.5 Å². The Morgan fingerprint density at radius 1 is 1.47 bits per heavy atom. The van der Waals surface area contributed by atoms with Crippen LogP contribution in [0, 0.1) is 0 Å². The van der Waals surface area contributed by atoms with Gasteiger partial charge in [-0.3, -0.25) is 4.79 Å². The van der Waals surface area contributed by atoms with E-state index >= 15 is 0 Å². The second-order valence-electron chi connectivity index (χ2n) is 3.78. The molecule has 19 heavy (non-hydrogen) atoms. The second kappa shape index (κ2) is 6.29. The third-order valence-electron chi connectivity index (χ3n) is 2.32. The first-order valence-corrected chi connectivity index (χ1v) is 5.91. The van der Waals surface area contributed by atoms with Gasteiger partial charge in [0.2, 0.25) is 5.91 Å². The van der Waals surface area contributed by atoms with E-state index in [1.165, 1.54) is 13.0 Å². The summed E-state index contributed by atoms with van der Waals surface area (Å²) >= 11 is 5.97. The maximum atomic E-state index is 11.0. The van der Waals surface area contributed by atoms with Crippen LogP contribution in [-0.4, -0.2) is 28.7 Å². The SMILES string of the molecule is CCc1c(OCC(=O)O)cc(NC(C)=O)c(O)c1Cl. The van der Waals surface area contributed by atoms with Gasteiger partial charge in [0.1, 0.15) is 5.75 Å². The highest BCUT2D eigenvalue weighted by Crippen LogP contribution is 2.41. The van der Waals surface area contributed by atoms with Crippen molar-refractivity contribution in [1.29, 1.82) is 0 Å². The summed E-state index contributed by atoms with van der Waals surface area (Å²) in [7, 11) is 0. The fourth-order valence-electron chi connectivity index (χ4n) is 1.54. The molecule has 0 aliphatic rings. The number of hydrogen-bond acceptors (Lipinski definition) is 4. The first-order valence-electron chi connectivity index (χ1n) is 5.53. The molecule has 1 rings (SSSR count). The minimum absolute atomic E-state index is 0.0362.